The highest BCUT2D eigenvalue weighted by Crippen LogP contribution is 2.31. The summed E-state index contributed by atoms with van der Waals surface area (Å²) in [6.07, 6.45) is 3.27. The van der Waals surface area contributed by atoms with E-state index < -0.39 is 0 Å². The second kappa shape index (κ2) is 7.08. The molecule has 0 aromatic carbocycles. The van der Waals surface area contributed by atoms with Crippen molar-refractivity contribution in [3.8, 4) is 0 Å². The first kappa shape index (κ1) is 15.7. The van der Waals surface area contributed by atoms with E-state index in [2.05, 4.69) is 46.5 Å². The van der Waals surface area contributed by atoms with Crippen LogP contribution in [0.1, 0.15) is 53.9 Å². The van der Waals surface area contributed by atoms with E-state index in [4.69, 9.17) is 5.73 Å². The average Bonchev–Trinajstić information content (AvgIpc) is 2.25. The van der Waals surface area contributed by atoms with Gasteiger partial charge in [0.25, 0.3) is 0 Å². The molecular formula is C14H30N2. The highest BCUT2D eigenvalue weighted by atomic mass is 15.0. The Balaban J connectivity index is 4.77. The molecule has 0 aromatic heterocycles. The molecule has 0 radical (unpaired) electrons. The molecule has 0 bridgehead atoms. The Kier molecular flexibility index (Phi) is 6.93. The summed E-state index contributed by atoms with van der Waals surface area (Å²) in [5, 5.41) is 3.58. The first-order chi connectivity index (χ1) is 7.42. The van der Waals surface area contributed by atoms with E-state index in [1.165, 1.54) is 5.57 Å². The molecule has 0 spiro atoms. The van der Waals surface area contributed by atoms with Gasteiger partial charge in [-0.3, -0.25) is 0 Å². The van der Waals surface area contributed by atoms with Gasteiger partial charge in [0, 0.05) is 11.6 Å². The van der Waals surface area contributed by atoms with Crippen LogP contribution < -0.4 is 11.1 Å². The molecule has 0 saturated heterocycles. The molecule has 0 fully saturated rings. The lowest BCUT2D eigenvalue weighted by molar-refractivity contribution is 0.240. The number of hydrogen-bond donors (Lipinski definition) is 2. The van der Waals surface area contributed by atoms with Crippen LogP contribution in [0.2, 0.25) is 0 Å². The minimum absolute atomic E-state index is 0.0241. The van der Waals surface area contributed by atoms with E-state index in [-0.39, 0.29) is 5.54 Å². The minimum atomic E-state index is 0.0241. The van der Waals surface area contributed by atoms with Gasteiger partial charge in [-0.25, -0.2) is 0 Å². The Morgan fingerprint density at radius 2 is 1.88 bits per heavy atom. The van der Waals surface area contributed by atoms with Crippen LogP contribution in [0.5, 0.6) is 0 Å². The van der Waals surface area contributed by atoms with Crippen molar-refractivity contribution in [2.45, 2.75) is 65.5 Å². The van der Waals surface area contributed by atoms with E-state index in [1.807, 2.05) is 0 Å². The Hall–Kier alpha value is -0.340. The third-order valence-electron chi connectivity index (χ3n) is 3.85. The fourth-order valence-corrected chi connectivity index (χ4v) is 2.35. The van der Waals surface area contributed by atoms with Gasteiger partial charge in [0.15, 0.2) is 0 Å². The quantitative estimate of drug-likeness (QED) is 0.624. The minimum Gasteiger partial charge on any atom is -0.328 e. The zero-order valence-electron chi connectivity index (χ0n) is 11.8. The third kappa shape index (κ3) is 3.91. The molecule has 0 amide bonds. The number of rotatable bonds is 8. The van der Waals surface area contributed by atoms with Gasteiger partial charge in [0.2, 0.25) is 0 Å². The lowest BCUT2D eigenvalue weighted by Gasteiger charge is -2.40. The standard InChI is InChI=1S/C14H30N2/c1-7-12(10-13(15)8-2)14(6,11(4)5)16-9-3/h12-13,16H,4,7-10,15H2,1-3,5-6H3. The molecule has 2 nitrogen and oxygen atoms in total. The molecule has 96 valence electrons. The van der Waals surface area contributed by atoms with Crippen molar-refractivity contribution in [3.63, 3.8) is 0 Å². The molecular weight excluding hydrogens is 196 g/mol. The zero-order valence-corrected chi connectivity index (χ0v) is 11.8. The molecule has 0 aliphatic rings. The summed E-state index contributed by atoms with van der Waals surface area (Å²) in [6, 6.07) is 0.308. The number of likely N-dealkylation sites (N-methyl/N-ethyl adjacent to an activating group) is 1. The van der Waals surface area contributed by atoms with Crippen LogP contribution in [0.15, 0.2) is 12.2 Å². The lowest BCUT2D eigenvalue weighted by Crippen LogP contribution is -2.50. The highest BCUT2D eigenvalue weighted by Gasteiger charge is 2.33. The van der Waals surface area contributed by atoms with Crippen LogP contribution in [0.3, 0.4) is 0 Å². The smallest absolute Gasteiger partial charge is 0.0388 e. The maximum atomic E-state index is 6.08. The average molecular weight is 226 g/mol. The van der Waals surface area contributed by atoms with Crippen LogP contribution in [-0.4, -0.2) is 18.1 Å². The predicted octanol–water partition coefficient (Wildman–Crippen LogP) is 3.08. The summed E-state index contributed by atoms with van der Waals surface area (Å²) in [7, 11) is 0. The van der Waals surface area contributed by atoms with Crippen LogP contribution in [0, 0.1) is 5.92 Å². The summed E-state index contributed by atoms with van der Waals surface area (Å²) in [4.78, 5) is 0. The molecule has 3 atom stereocenters. The van der Waals surface area contributed by atoms with Crippen molar-refractivity contribution in [2.75, 3.05) is 6.54 Å². The van der Waals surface area contributed by atoms with Gasteiger partial charge in [-0.1, -0.05) is 39.3 Å². The topological polar surface area (TPSA) is 38.0 Å². The molecule has 3 unspecified atom stereocenters. The molecule has 2 heteroatoms. The fraction of sp³-hybridized carbons (Fsp3) is 0.857. The molecule has 16 heavy (non-hydrogen) atoms. The Morgan fingerprint density at radius 1 is 1.31 bits per heavy atom. The van der Waals surface area contributed by atoms with Gasteiger partial charge in [-0.05, 0) is 39.2 Å². The van der Waals surface area contributed by atoms with Crippen molar-refractivity contribution < 1.29 is 0 Å². The largest absolute Gasteiger partial charge is 0.328 e. The normalized spacial score (nSPS) is 18.9. The first-order valence-corrected chi connectivity index (χ1v) is 6.58. The summed E-state index contributed by atoms with van der Waals surface area (Å²) in [6.45, 7) is 16.0. The molecule has 0 heterocycles. The molecule has 3 N–H and O–H groups in total. The molecule has 0 aliphatic heterocycles. The van der Waals surface area contributed by atoms with Gasteiger partial charge in [0.05, 0.1) is 0 Å². The van der Waals surface area contributed by atoms with Gasteiger partial charge in [-0.2, -0.15) is 0 Å². The van der Waals surface area contributed by atoms with Crippen LogP contribution in [-0.2, 0) is 0 Å². The zero-order chi connectivity index (χ0) is 12.8. The number of nitrogens with two attached hydrogens (primary N) is 1. The van der Waals surface area contributed by atoms with E-state index in [0.29, 0.717) is 12.0 Å². The molecule has 0 aliphatic carbocycles. The number of hydrogen-bond acceptors (Lipinski definition) is 2. The lowest BCUT2D eigenvalue weighted by atomic mass is 9.75. The van der Waals surface area contributed by atoms with Crippen molar-refractivity contribution in [3.05, 3.63) is 12.2 Å². The van der Waals surface area contributed by atoms with Crippen molar-refractivity contribution in [2.24, 2.45) is 11.7 Å². The second-order valence-corrected chi connectivity index (χ2v) is 5.02. The van der Waals surface area contributed by atoms with E-state index >= 15 is 0 Å². The van der Waals surface area contributed by atoms with Crippen LogP contribution in [0.25, 0.3) is 0 Å². The van der Waals surface area contributed by atoms with Gasteiger partial charge < -0.3 is 11.1 Å². The van der Waals surface area contributed by atoms with Crippen LogP contribution >= 0.6 is 0 Å². The van der Waals surface area contributed by atoms with Crippen LogP contribution in [0.4, 0.5) is 0 Å². The van der Waals surface area contributed by atoms with Crippen molar-refractivity contribution >= 4 is 0 Å². The summed E-state index contributed by atoms with van der Waals surface area (Å²) in [5.41, 5.74) is 7.32. The Labute approximate surface area is 102 Å². The Bertz CT molecular complexity index is 213. The first-order valence-electron chi connectivity index (χ1n) is 6.58. The maximum Gasteiger partial charge on any atom is 0.0388 e. The van der Waals surface area contributed by atoms with Crippen molar-refractivity contribution in [1.29, 1.82) is 0 Å². The monoisotopic (exact) mass is 226 g/mol. The number of nitrogens with one attached hydrogen (secondary N) is 1. The molecule has 0 rings (SSSR count). The highest BCUT2D eigenvalue weighted by molar-refractivity contribution is 5.15. The van der Waals surface area contributed by atoms with E-state index in [0.717, 1.165) is 25.8 Å². The predicted molar refractivity (Wildman–Crippen MR) is 73.6 cm³/mol. The Morgan fingerprint density at radius 3 is 2.19 bits per heavy atom. The summed E-state index contributed by atoms with van der Waals surface area (Å²) < 4.78 is 0. The second-order valence-electron chi connectivity index (χ2n) is 5.02. The summed E-state index contributed by atoms with van der Waals surface area (Å²) >= 11 is 0. The maximum absolute atomic E-state index is 6.08. The van der Waals surface area contributed by atoms with E-state index in [9.17, 15) is 0 Å². The van der Waals surface area contributed by atoms with Gasteiger partial charge >= 0.3 is 0 Å². The molecule has 0 saturated carbocycles. The van der Waals surface area contributed by atoms with Gasteiger partial charge in [-0.15, -0.1) is 0 Å². The summed E-state index contributed by atoms with van der Waals surface area (Å²) in [5.74, 6) is 0.569. The van der Waals surface area contributed by atoms with Crippen molar-refractivity contribution in [1.82, 2.24) is 5.32 Å². The third-order valence-corrected chi connectivity index (χ3v) is 3.85. The fourth-order valence-electron chi connectivity index (χ4n) is 2.35. The van der Waals surface area contributed by atoms with E-state index in [1.54, 1.807) is 0 Å². The SMILES string of the molecule is C=C(C)C(C)(NCC)C(CC)CC(N)CC. The van der Waals surface area contributed by atoms with Gasteiger partial charge in [0.1, 0.15) is 0 Å². The molecule has 0 aromatic rings.